The van der Waals surface area contributed by atoms with Crippen molar-refractivity contribution in [1.29, 1.82) is 0 Å². The standard InChI is InChI=1S/C33H22ClFN2O5/c34-21-7-12-26-24(14-21)25(33(41)42-16-28(38)18-3-8-22(35)9-4-18)15-27(36-26)17-5-10-23(11-6-17)37-31(39)29-19-1-2-20(13-19)30(29)32(37)40/h1-12,14-15,19-20,29-30H,13,16H2. The van der Waals surface area contributed by atoms with E-state index in [0.29, 0.717) is 32.9 Å². The predicted molar refractivity (Wildman–Crippen MR) is 153 cm³/mol. The number of benzene rings is 3. The third kappa shape index (κ3) is 4.30. The van der Waals surface area contributed by atoms with Gasteiger partial charge in [-0.15, -0.1) is 0 Å². The van der Waals surface area contributed by atoms with E-state index in [9.17, 15) is 23.6 Å². The highest BCUT2D eigenvalue weighted by Gasteiger charge is 2.59. The van der Waals surface area contributed by atoms with Crippen LogP contribution in [0.25, 0.3) is 22.2 Å². The molecule has 1 aromatic heterocycles. The van der Waals surface area contributed by atoms with Crippen LogP contribution in [0.4, 0.5) is 10.1 Å². The van der Waals surface area contributed by atoms with Gasteiger partial charge in [-0.2, -0.15) is 0 Å². The van der Waals surface area contributed by atoms with Gasteiger partial charge in [0.25, 0.3) is 0 Å². The Bertz CT molecular complexity index is 1810. The minimum absolute atomic E-state index is 0.125. The number of rotatable bonds is 6. The molecule has 4 aromatic rings. The fourth-order valence-electron chi connectivity index (χ4n) is 6.38. The van der Waals surface area contributed by atoms with Crippen molar-refractivity contribution in [2.45, 2.75) is 6.42 Å². The summed E-state index contributed by atoms with van der Waals surface area (Å²) in [6.45, 7) is -0.532. The van der Waals surface area contributed by atoms with Crippen molar-refractivity contribution < 1.29 is 28.3 Å². The summed E-state index contributed by atoms with van der Waals surface area (Å²) in [5.41, 5.74) is 2.45. The summed E-state index contributed by atoms with van der Waals surface area (Å²) >= 11 is 6.20. The van der Waals surface area contributed by atoms with E-state index in [-0.39, 0.29) is 46.6 Å². The first-order valence-electron chi connectivity index (χ1n) is 13.5. The molecule has 1 saturated heterocycles. The third-order valence-corrected chi connectivity index (χ3v) is 8.62. The number of ether oxygens (including phenoxy) is 1. The van der Waals surface area contributed by atoms with E-state index in [1.165, 1.54) is 17.0 Å². The molecule has 2 aliphatic carbocycles. The predicted octanol–water partition coefficient (Wildman–Crippen LogP) is 6.05. The zero-order valence-corrected chi connectivity index (χ0v) is 22.8. The zero-order valence-electron chi connectivity index (χ0n) is 22.0. The number of halogens is 2. The number of esters is 1. The molecule has 3 aromatic carbocycles. The lowest BCUT2D eigenvalue weighted by atomic mass is 9.85. The summed E-state index contributed by atoms with van der Waals surface area (Å²) < 4.78 is 18.6. The minimum Gasteiger partial charge on any atom is -0.454 e. The van der Waals surface area contributed by atoms with E-state index in [2.05, 4.69) is 17.1 Å². The van der Waals surface area contributed by atoms with Gasteiger partial charge >= 0.3 is 5.97 Å². The summed E-state index contributed by atoms with van der Waals surface area (Å²) in [7, 11) is 0. The van der Waals surface area contributed by atoms with E-state index in [1.54, 1.807) is 48.5 Å². The van der Waals surface area contributed by atoms with Crippen molar-refractivity contribution in [3.05, 3.63) is 107 Å². The van der Waals surface area contributed by atoms with Crippen LogP contribution in [0.3, 0.4) is 0 Å². The van der Waals surface area contributed by atoms with E-state index in [1.807, 2.05) is 0 Å². The number of allylic oxidation sites excluding steroid dienone is 2. The Morgan fingerprint density at radius 1 is 0.905 bits per heavy atom. The minimum atomic E-state index is -0.749. The van der Waals surface area contributed by atoms with Gasteiger partial charge in [-0.3, -0.25) is 19.3 Å². The van der Waals surface area contributed by atoms with Gasteiger partial charge in [-0.1, -0.05) is 35.9 Å². The molecule has 4 unspecified atom stereocenters. The molecule has 2 heterocycles. The molecule has 208 valence electrons. The van der Waals surface area contributed by atoms with Gasteiger partial charge in [-0.25, -0.2) is 14.2 Å². The first-order valence-corrected chi connectivity index (χ1v) is 13.9. The number of pyridine rings is 1. The highest BCUT2D eigenvalue weighted by Crippen LogP contribution is 2.53. The largest absolute Gasteiger partial charge is 0.454 e. The Morgan fingerprint density at radius 3 is 2.24 bits per heavy atom. The lowest BCUT2D eigenvalue weighted by molar-refractivity contribution is -0.123. The van der Waals surface area contributed by atoms with Crippen LogP contribution in [0.5, 0.6) is 0 Å². The van der Waals surface area contributed by atoms with Gasteiger partial charge in [-0.05, 0) is 78.9 Å². The van der Waals surface area contributed by atoms with Gasteiger partial charge in [0.2, 0.25) is 11.8 Å². The zero-order chi connectivity index (χ0) is 29.1. The average molecular weight is 581 g/mol. The summed E-state index contributed by atoms with van der Waals surface area (Å²) in [5, 5.41) is 0.844. The van der Waals surface area contributed by atoms with Crippen LogP contribution in [0.2, 0.25) is 5.02 Å². The van der Waals surface area contributed by atoms with Crippen molar-refractivity contribution >= 4 is 51.8 Å². The number of ketones is 1. The average Bonchev–Trinajstić information content (AvgIpc) is 3.69. The molecule has 2 bridgehead atoms. The first-order chi connectivity index (χ1) is 20.3. The Hall–Kier alpha value is -4.69. The Kier molecular flexibility index (Phi) is 6.24. The lowest BCUT2D eigenvalue weighted by Gasteiger charge is -2.17. The Labute approximate surface area is 244 Å². The van der Waals surface area contributed by atoms with Gasteiger partial charge < -0.3 is 4.74 Å². The quantitative estimate of drug-likeness (QED) is 0.119. The maximum absolute atomic E-state index is 13.2. The number of imide groups is 1. The van der Waals surface area contributed by atoms with Gasteiger partial charge in [0, 0.05) is 21.5 Å². The number of hydrogen-bond donors (Lipinski definition) is 0. The number of aromatic nitrogens is 1. The topological polar surface area (TPSA) is 93.6 Å². The molecule has 0 radical (unpaired) electrons. The summed E-state index contributed by atoms with van der Waals surface area (Å²) in [6.07, 6.45) is 4.98. The molecule has 1 saturated carbocycles. The van der Waals surface area contributed by atoms with Crippen molar-refractivity contribution in [1.82, 2.24) is 4.98 Å². The molecular formula is C33H22ClFN2O5. The number of amides is 2. The second kappa shape index (κ2) is 9.99. The van der Waals surface area contributed by atoms with E-state index >= 15 is 0 Å². The number of anilines is 1. The van der Waals surface area contributed by atoms with Crippen molar-refractivity contribution in [2.24, 2.45) is 23.7 Å². The maximum atomic E-state index is 13.2. The number of fused-ring (bicyclic) bond motifs is 6. The second-order valence-electron chi connectivity index (χ2n) is 10.8. The number of nitrogens with zero attached hydrogens (tertiary/aromatic N) is 2. The smallest absolute Gasteiger partial charge is 0.339 e. The van der Waals surface area contributed by atoms with Crippen LogP contribution in [0, 0.1) is 29.5 Å². The molecular weight excluding hydrogens is 559 g/mol. The van der Waals surface area contributed by atoms with Gasteiger partial charge in [0.05, 0.1) is 34.3 Å². The molecule has 0 N–H and O–H groups in total. The van der Waals surface area contributed by atoms with Gasteiger partial charge in [0.1, 0.15) is 5.82 Å². The maximum Gasteiger partial charge on any atom is 0.339 e. The normalized spacial score (nSPS) is 22.2. The molecule has 0 spiro atoms. The molecule has 7 nitrogen and oxygen atoms in total. The van der Waals surface area contributed by atoms with Crippen LogP contribution < -0.4 is 4.90 Å². The Balaban J connectivity index is 1.16. The van der Waals surface area contributed by atoms with Crippen molar-refractivity contribution in [3.63, 3.8) is 0 Å². The van der Waals surface area contributed by atoms with Crippen LogP contribution in [0.1, 0.15) is 27.1 Å². The Morgan fingerprint density at radius 2 is 1.57 bits per heavy atom. The second-order valence-corrected chi connectivity index (χ2v) is 11.2. The van der Waals surface area contributed by atoms with E-state index in [4.69, 9.17) is 16.3 Å². The number of carbonyl (C=O) groups excluding carboxylic acids is 4. The molecule has 2 fully saturated rings. The number of hydrogen-bond acceptors (Lipinski definition) is 6. The third-order valence-electron chi connectivity index (χ3n) is 8.38. The first kappa shape index (κ1) is 26.2. The monoisotopic (exact) mass is 580 g/mol. The highest BCUT2D eigenvalue weighted by atomic mass is 35.5. The lowest BCUT2D eigenvalue weighted by Crippen LogP contribution is -2.32. The van der Waals surface area contributed by atoms with Gasteiger partial charge in [0.15, 0.2) is 12.4 Å². The van der Waals surface area contributed by atoms with Crippen molar-refractivity contribution in [2.75, 3.05) is 11.5 Å². The molecule has 7 rings (SSSR count). The molecule has 9 heteroatoms. The van der Waals surface area contributed by atoms with E-state index < -0.39 is 24.2 Å². The van der Waals surface area contributed by atoms with Crippen LogP contribution in [-0.2, 0) is 14.3 Å². The summed E-state index contributed by atoms with van der Waals surface area (Å²) in [6, 6.07) is 18.3. The summed E-state index contributed by atoms with van der Waals surface area (Å²) in [5.74, 6) is -2.34. The molecule has 3 aliphatic rings. The van der Waals surface area contributed by atoms with Crippen LogP contribution in [0.15, 0.2) is 84.9 Å². The summed E-state index contributed by atoms with van der Waals surface area (Å²) in [4.78, 5) is 58.1. The molecule has 1 aliphatic heterocycles. The SMILES string of the molecule is O=C(COC(=O)c1cc(-c2ccc(N3C(=O)C4C5C=CC(C5)C4C3=O)cc2)nc2ccc(Cl)cc12)c1ccc(F)cc1. The molecule has 2 amide bonds. The molecule has 42 heavy (non-hydrogen) atoms. The number of carbonyl (C=O) groups is 4. The highest BCUT2D eigenvalue weighted by molar-refractivity contribution is 6.31. The fourth-order valence-corrected chi connectivity index (χ4v) is 6.55. The fraction of sp³-hybridized carbons (Fsp3) is 0.182. The van der Waals surface area contributed by atoms with Crippen molar-refractivity contribution in [3.8, 4) is 11.3 Å². The van der Waals surface area contributed by atoms with E-state index in [0.717, 1.165) is 18.6 Å². The number of Topliss-reactive ketones (excluding diaryl/α,β-unsaturated/α-hetero) is 1. The van der Waals surface area contributed by atoms with Crippen LogP contribution in [-0.4, -0.2) is 35.2 Å². The molecule has 4 atom stereocenters. The van der Waals surface area contributed by atoms with Crippen LogP contribution >= 0.6 is 11.6 Å².